The Balaban J connectivity index is 0.000000456. The summed E-state index contributed by atoms with van der Waals surface area (Å²) in [5.41, 5.74) is 6.53. The van der Waals surface area contributed by atoms with Gasteiger partial charge in [-0.15, -0.1) is 18.6 Å². The summed E-state index contributed by atoms with van der Waals surface area (Å²) in [5, 5.41) is 3.91. The molecular formula is C23H25N9Y2-2. The Hall–Kier alpha value is -2.11. The molecule has 0 aliphatic carbocycles. The number of hydrogen-bond donors (Lipinski definition) is 3. The number of hydrogen-bond acceptors (Lipinski definition) is 7. The Morgan fingerprint density at radius 3 is 2.24 bits per heavy atom. The summed E-state index contributed by atoms with van der Waals surface area (Å²) in [6, 6.07) is 0. The van der Waals surface area contributed by atoms with Crippen LogP contribution in [0.1, 0.15) is 29.7 Å². The molecule has 9 nitrogen and oxygen atoms in total. The van der Waals surface area contributed by atoms with Gasteiger partial charge in [-0.1, -0.05) is 31.5 Å². The third kappa shape index (κ3) is 8.92. The van der Waals surface area contributed by atoms with E-state index in [0.29, 0.717) is 5.82 Å². The standard InChI is InChI=1S/C8H8N3.C7H8N4.C6H7N2.C2H2.2Y/c1-5-3-9-8-7(5)6(2)10-4-11-8;1-4-6-7(9-3-8-6)11-5(2)10-4;1-5-3-4-7-6(2)8-5;1-2;;/h3H,1-2H3,(H,9,10,11);3H,1-2H3,(H,8,9,10,11);4,7H,2H2,1H3;1-2H;;/q-1;;-1;;;. The normalized spacial score (nSPS) is 11.1. The minimum Gasteiger partial charge on any atom is -0.433 e. The second-order valence-corrected chi connectivity index (χ2v) is 6.64. The van der Waals surface area contributed by atoms with Crippen LogP contribution in [0.15, 0.2) is 36.1 Å². The van der Waals surface area contributed by atoms with Gasteiger partial charge >= 0.3 is 0 Å². The number of rotatable bonds is 0. The average Bonchev–Trinajstić information content (AvgIpc) is 3.38. The topological polar surface area (TPSA) is 120 Å². The Morgan fingerprint density at radius 1 is 0.941 bits per heavy atom. The number of aromatic nitrogens is 7. The van der Waals surface area contributed by atoms with E-state index < -0.39 is 0 Å². The zero-order chi connectivity index (χ0) is 23.7. The van der Waals surface area contributed by atoms with Gasteiger partial charge in [-0.3, -0.25) is 4.99 Å². The van der Waals surface area contributed by atoms with Gasteiger partial charge < -0.3 is 31.3 Å². The predicted molar refractivity (Wildman–Crippen MR) is 126 cm³/mol. The molecule has 0 amide bonds. The van der Waals surface area contributed by atoms with Gasteiger partial charge in [-0.2, -0.15) is 6.20 Å². The first-order valence-corrected chi connectivity index (χ1v) is 9.60. The van der Waals surface area contributed by atoms with Gasteiger partial charge in [-0.05, 0) is 32.5 Å². The van der Waals surface area contributed by atoms with E-state index in [9.17, 15) is 0 Å². The molecule has 0 unspecified atom stereocenters. The molecule has 4 aromatic heterocycles. The molecule has 1 aliphatic heterocycles. The molecule has 34 heavy (non-hydrogen) atoms. The Kier molecular flexibility index (Phi) is 14.7. The second kappa shape index (κ2) is 15.7. The molecular weight excluding hydrogens is 580 g/mol. The number of allylic oxidation sites excluding steroid dienone is 1. The van der Waals surface area contributed by atoms with Gasteiger partial charge in [0.2, 0.25) is 0 Å². The van der Waals surface area contributed by atoms with Crippen LogP contribution in [0, 0.1) is 52.9 Å². The van der Waals surface area contributed by atoms with Crippen molar-refractivity contribution in [2.24, 2.45) is 4.99 Å². The molecule has 1 aliphatic rings. The van der Waals surface area contributed by atoms with E-state index in [0.717, 1.165) is 45.1 Å². The number of H-pyrrole nitrogens is 2. The van der Waals surface area contributed by atoms with Crippen LogP contribution in [-0.4, -0.2) is 40.6 Å². The van der Waals surface area contributed by atoms with E-state index in [1.54, 1.807) is 12.5 Å². The van der Waals surface area contributed by atoms with Crippen LogP contribution in [-0.2, 0) is 65.4 Å². The predicted octanol–water partition coefficient (Wildman–Crippen LogP) is 3.43. The maximum Gasteiger partial charge on any atom is 0.181 e. The maximum atomic E-state index is 4.19. The van der Waals surface area contributed by atoms with Crippen molar-refractivity contribution in [3.05, 3.63) is 66.3 Å². The SMILES string of the molecule is C#C.C=C1N=C(C)[C-]=CN1.Cc1c[nH]c2n[c-]nc(C)c12.Cc1nc(C)c2[nH]cnc2n1.[Y].[Y]. The maximum absolute atomic E-state index is 4.19. The van der Waals surface area contributed by atoms with Gasteiger partial charge in [0.1, 0.15) is 17.2 Å². The fraction of sp³-hybridized carbons (Fsp3) is 0.217. The molecule has 0 bridgehead atoms. The molecule has 0 saturated heterocycles. The Bertz CT molecular complexity index is 1300. The average molecular weight is 605 g/mol. The van der Waals surface area contributed by atoms with Crippen molar-refractivity contribution < 1.29 is 65.4 Å². The molecule has 4 aromatic rings. The Labute approximate surface area is 250 Å². The van der Waals surface area contributed by atoms with Crippen molar-refractivity contribution in [2.75, 3.05) is 0 Å². The zero-order valence-corrected chi connectivity index (χ0v) is 25.6. The van der Waals surface area contributed by atoms with Crippen LogP contribution in [0.3, 0.4) is 0 Å². The van der Waals surface area contributed by atoms with E-state index in [1.807, 2.05) is 40.8 Å². The van der Waals surface area contributed by atoms with Gasteiger partial charge in [0.05, 0.1) is 12.0 Å². The summed E-state index contributed by atoms with van der Waals surface area (Å²) < 4.78 is 0. The fourth-order valence-electron chi connectivity index (χ4n) is 2.86. The molecule has 0 saturated carbocycles. The number of terminal acetylenes is 1. The van der Waals surface area contributed by atoms with Crippen molar-refractivity contribution in [3.63, 3.8) is 0 Å². The number of aryl methyl sites for hydroxylation is 4. The van der Waals surface area contributed by atoms with Crippen LogP contribution in [0.4, 0.5) is 0 Å². The van der Waals surface area contributed by atoms with Gasteiger partial charge in [-0.25, -0.2) is 15.0 Å². The van der Waals surface area contributed by atoms with Crippen molar-refractivity contribution in [1.82, 2.24) is 40.2 Å². The van der Waals surface area contributed by atoms with Crippen molar-refractivity contribution >= 4 is 27.9 Å². The molecule has 5 rings (SSSR count). The summed E-state index contributed by atoms with van der Waals surface area (Å²) in [7, 11) is 0. The first-order valence-electron chi connectivity index (χ1n) is 9.60. The largest absolute Gasteiger partial charge is 0.433 e. The third-order valence-corrected chi connectivity index (χ3v) is 4.20. The fourth-order valence-corrected chi connectivity index (χ4v) is 2.86. The molecule has 11 heteroatoms. The number of nitrogens with zero attached hydrogens (tertiary/aromatic N) is 6. The van der Waals surface area contributed by atoms with Crippen molar-refractivity contribution in [2.45, 2.75) is 34.6 Å². The van der Waals surface area contributed by atoms with Gasteiger partial charge in [0.15, 0.2) is 5.65 Å². The summed E-state index contributed by atoms with van der Waals surface area (Å²) in [4.78, 5) is 30.3. The van der Waals surface area contributed by atoms with E-state index in [4.69, 9.17) is 0 Å². The molecule has 170 valence electrons. The number of imidazole rings is 1. The second-order valence-electron chi connectivity index (χ2n) is 6.64. The quantitative estimate of drug-likeness (QED) is 0.209. The summed E-state index contributed by atoms with van der Waals surface area (Å²) >= 11 is 0. The van der Waals surface area contributed by atoms with Crippen LogP contribution < -0.4 is 5.32 Å². The summed E-state index contributed by atoms with van der Waals surface area (Å²) in [6.45, 7) is 13.3. The van der Waals surface area contributed by atoms with E-state index in [-0.39, 0.29) is 65.4 Å². The minimum absolute atomic E-state index is 0. The van der Waals surface area contributed by atoms with Crippen LogP contribution in [0.5, 0.6) is 0 Å². The minimum atomic E-state index is 0. The molecule has 3 N–H and O–H groups in total. The van der Waals surface area contributed by atoms with Gasteiger partial charge in [0, 0.05) is 77.4 Å². The van der Waals surface area contributed by atoms with Gasteiger partial charge in [0.25, 0.3) is 0 Å². The van der Waals surface area contributed by atoms with E-state index in [2.05, 4.69) is 77.0 Å². The van der Waals surface area contributed by atoms with E-state index in [1.165, 1.54) is 5.56 Å². The van der Waals surface area contributed by atoms with Crippen LogP contribution in [0.25, 0.3) is 22.2 Å². The Morgan fingerprint density at radius 2 is 1.65 bits per heavy atom. The molecule has 0 spiro atoms. The number of fused-ring (bicyclic) bond motifs is 2. The smallest absolute Gasteiger partial charge is 0.181 e. The third-order valence-electron chi connectivity index (χ3n) is 4.20. The zero-order valence-electron chi connectivity index (χ0n) is 19.9. The monoisotopic (exact) mass is 605 g/mol. The van der Waals surface area contributed by atoms with Crippen LogP contribution >= 0.6 is 0 Å². The molecule has 5 heterocycles. The summed E-state index contributed by atoms with van der Waals surface area (Å²) in [5.74, 6) is 1.45. The molecule has 0 fully saturated rings. The molecule has 0 aromatic carbocycles. The molecule has 0 atom stereocenters. The van der Waals surface area contributed by atoms with Crippen molar-refractivity contribution in [3.8, 4) is 12.8 Å². The first-order chi connectivity index (χ1) is 15.3. The number of aliphatic imine (C=N–C) groups is 1. The first kappa shape index (κ1) is 31.9. The number of aromatic amines is 2. The number of nitrogens with one attached hydrogen (secondary N) is 3. The molecule has 2 radical (unpaired) electrons. The van der Waals surface area contributed by atoms with E-state index >= 15 is 0 Å². The van der Waals surface area contributed by atoms with Crippen molar-refractivity contribution in [1.29, 1.82) is 0 Å². The summed E-state index contributed by atoms with van der Waals surface area (Å²) in [6.07, 6.45) is 18.7. The van der Waals surface area contributed by atoms with Crippen LogP contribution in [0.2, 0.25) is 0 Å².